The number of aliphatic carboxylic acids is 1. The number of ether oxygens (including phenoxy) is 1. The number of aromatic nitrogens is 1. The lowest BCUT2D eigenvalue weighted by Crippen LogP contribution is -2.46. The maximum atomic E-state index is 13.9. The standard InChI is InChI=1S/C26H32FN3O4S2/c1-4-18-9-11-20(12-10-18)30(13-14-34-16-19-7-5-6-8-21(19)27)25(33)29-24-28-15-22(36-24)35-17-26(2,3)23(31)32/h1,5-8,15,18,20H,9-14,16-17H2,2-3H3,(H,31,32)(H,28,29,33). The first kappa shape index (κ1) is 28.0. The largest absolute Gasteiger partial charge is 0.481 e. The third-order valence-corrected chi connectivity index (χ3v) is 8.75. The topological polar surface area (TPSA) is 91.8 Å². The number of hydrogen-bond donors (Lipinski definition) is 2. The van der Waals surface area contributed by atoms with Gasteiger partial charge in [-0.25, -0.2) is 14.2 Å². The zero-order chi connectivity index (χ0) is 26.1. The molecule has 3 rings (SSSR count). The van der Waals surface area contributed by atoms with Crippen LogP contribution in [0.5, 0.6) is 0 Å². The van der Waals surface area contributed by atoms with Crippen molar-refractivity contribution in [1.82, 2.24) is 9.88 Å². The van der Waals surface area contributed by atoms with Crippen LogP contribution in [0.4, 0.5) is 14.3 Å². The molecule has 36 heavy (non-hydrogen) atoms. The van der Waals surface area contributed by atoms with Crippen LogP contribution < -0.4 is 5.32 Å². The van der Waals surface area contributed by atoms with Crippen LogP contribution in [0.1, 0.15) is 45.1 Å². The number of nitrogens with one attached hydrogen (secondary N) is 1. The quantitative estimate of drug-likeness (QED) is 0.218. The van der Waals surface area contributed by atoms with Crippen LogP contribution in [0.2, 0.25) is 0 Å². The summed E-state index contributed by atoms with van der Waals surface area (Å²) in [4.78, 5) is 30.6. The number of thioether (sulfide) groups is 1. The van der Waals surface area contributed by atoms with E-state index in [4.69, 9.17) is 11.2 Å². The van der Waals surface area contributed by atoms with Gasteiger partial charge in [-0.15, -0.1) is 24.1 Å². The van der Waals surface area contributed by atoms with Gasteiger partial charge < -0.3 is 14.7 Å². The number of urea groups is 1. The van der Waals surface area contributed by atoms with Crippen LogP contribution in [-0.4, -0.2) is 51.9 Å². The summed E-state index contributed by atoms with van der Waals surface area (Å²) in [5.74, 6) is 2.26. The third kappa shape index (κ3) is 7.95. The van der Waals surface area contributed by atoms with Gasteiger partial charge in [0.2, 0.25) is 0 Å². The van der Waals surface area contributed by atoms with Crippen molar-refractivity contribution in [3.05, 3.63) is 41.8 Å². The van der Waals surface area contributed by atoms with Crippen molar-refractivity contribution in [2.75, 3.05) is 24.2 Å². The van der Waals surface area contributed by atoms with Gasteiger partial charge in [0.1, 0.15) is 5.82 Å². The normalized spacial score (nSPS) is 17.8. The van der Waals surface area contributed by atoms with Gasteiger partial charge in [0.25, 0.3) is 0 Å². The lowest BCUT2D eigenvalue weighted by atomic mass is 9.86. The van der Waals surface area contributed by atoms with Gasteiger partial charge >= 0.3 is 12.0 Å². The van der Waals surface area contributed by atoms with Crippen LogP contribution in [0, 0.1) is 29.5 Å². The highest BCUT2D eigenvalue weighted by atomic mass is 32.2. The highest BCUT2D eigenvalue weighted by molar-refractivity contribution is 8.01. The Bertz CT molecular complexity index is 1080. The Morgan fingerprint density at radius 1 is 1.33 bits per heavy atom. The smallest absolute Gasteiger partial charge is 0.323 e. The predicted octanol–water partition coefficient (Wildman–Crippen LogP) is 5.73. The molecule has 1 aromatic carbocycles. The van der Waals surface area contributed by atoms with E-state index in [0.717, 1.165) is 29.9 Å². The summed E-state index contributed by atoms with van der Waals surface area (Å²) in [6.07, 6.45) is 10.6. The Morgan fingerprint density at radius 2 is 2.06 bits per heavy atom. The highest BCUT2D eigenvalue weighted by Gasteiger charge is 2.30. The summed E-state index contributed by atoms with van der Waals surface area (Å²) in [6, 6.07) is 6.21. The van der Waals surface area contributed by atoms with Crippen molar-refractivity contribution in [1.29, 1.82) is 0 Å². The second kappa shape index (κ2) is 13.1. The number of terminal acetylenes is 1. The number of carbonyl (C=O) groups excluding carboxylic acids is 1. The number of carbonyl (C=O) groups is 2. The van der Waals surface area contributed by atoms with Gasteiger partial charge in [0, 0.05) is 29.8 Å². The first-order valence-corrected chi connectivity index (χ1v) is 13.7. The maximum absolute atomic E-state index is 13.9. The number of rotatable bonds is 11. The molecule has 10 heteroatoms. The zero-order valence-corrected chi connectivity index (χ0v) is 22.2. The summed E-state index contributed by atoms with van der Waals surface area (Å²) in [5.41, 5.74) is -0.392. The summed E-state index contributed by atoms with van der Waals surface area (Å²) in [6.45, 7) is 4.09. The minimum absolute atomic E-state index is 0.0248. The number of anilines is 1. The average Bonchev–Trinajstić information content (AvgIpc) is 3.31. The van der Waals surface area contributed by atoms with Crippen molar-refractivity contribution in [3.63, 3.8) is 0 Å². The predicted molar refractivity (Wildman–Crippen MR) is 141 cm³/mol. The number of benzene rings is 1. The van der Waals surface area contributed by atoms with Gasteiger partial charge in [0.15, 0.2) is 5.13 Å². The molecule has 0 spiro atoms. The molecule has 1 aromatic heterocycles. The van der Waals surface area contributed by atoms with Crippen molar-refractivity contribution < 1.29 is 23.8 Å². The Hall–Kier alpha value is -2.61. The lowest BCUT2D eigenvalue weighted by molar-refractivity contribution is -0.145. The number of halogens is 1. The fraction of sp³-hybridized carbons (Fsp3) is 0.500. The first-order valence-electron chi connectivity index (χ1n) is 11.9. The summed E-state index contributed by atoms with van der Waals surface area (Å²) >= 11 is 2.71. The number of thiazole rings is 1. The molecule has 0 saturated heterocycles. The number of amides is 2. The number of carboxylic acid groups (broad SMARTS) is 1. The molecule has 0 radical (unpaired) electrons. The molecule has 1 saturated carbocycles. The van der Waals surface area contributed by atoms with E-state index in [1.165, 1.54) is 29.2 Å². The molecule has 0 aliphatic heterocycles. The zero-order valence-electron chi connectivity index (χ0n) is 20.5. The summed E-state index contributed by atoms with van der Waals surface area (Å²) in [7, 11) is 0. The molecule has 0 atom stereocenters. The maximum Gasteiger partial charge on any atom is 0.323 e. The molecule has 2 amide bonds. The molecular formula is C26H32FN3O4S2. The van der Waals surface area contributed by atoms with E-state index in [1.807, 2.05) is 0 Å². The lowest BCUT2D eigenvalue weighted by Gasteiger charge is -2.35. The Balaban J connectivity index is 1.59. The second-order valence-corrected chi connectivity index (χ2v) is 11.7. The van der Waals surface area contributed by atoms with Crippen LogP contribution in [0.25, 0.3) is 0 Å². The van der Waals surface area contributed by atoms with Crippen LogP contribution in [0.15, 0.2) is 34.7 Å². The van der Waals surface area contributed by atoms with Gasteiger partial charge in [-0.1, -0.05) is 29.5 Å². The van der Waals surface area contributed by atoms with Crippen molar-refractivity contribution in [3.8, 4) is 12.3 Å². The molecule has 0 bridgehead atoms. The molecule has 1 heterocycles. The van der Waals surface area contributed by atoms with Crippen molar-refractivity contribution >= 4 is 40.2 Å². The van der Waals surface area contributed by atoms with Crippen LogP contribution >= 0.6 is 23.1 Å². The summed E-state index contributed by atoms with van der Waals surface area (Å²) in [5, 5.41) is 12.6. The van der Waals surface area contributed by atoms with Crippen molar-refractivity contribution in [2.24, 2.45) is 11.3 Å². The molecule has 7 nitrogen and oxygen atoms in total. The fourth-order valence-corrected chi connectivity index (χ4v) is 5.77. The van der Waals surface area contributed by atoms with E-state index >= 15 is 0 Å². The van der Waals surface area contributed by atoms with Gasteiger partial charge in [-0.3, -0.25) is 10.1 Å². The van der Waals surface area contributed by atoms with E-state index in [2.05, 4.69) is 16.2 Å². The van der Waals surface area contributed by atoms with E-state index in [-0.39, 0.29) is 37.0 Å². The molecule has 1 aliphatic carbocycles. The van der Waals surface area contributed by atoms with Crippen LogP contribution in [0.3, 0.4) is 0 Å². The van der Waals surface area contributed by atoms with E-state index in [9.17, 15) is 19.1 Å². The van der Waals surface area contributed by atoms with Crippen LogP contribution in [-0.2, 0) is 16.1 Å². The van der Waals surface area contributed by atoms with E-state index < -0.39 is 11.4 Å². The summed E-state index contributed by atoms with van der Waals surface area (Å²) < 4.78 is 20.4. The van der Waals surface area contributed by atoms with E-state index in [0.29, 0.717) is 23.0 Å². The fourth-order valence-electron chi connectivity index (χ4n) is 3.82. The van der Waals surface area contributed by atoms with Gasteiger partial charge in [-0.05, 0) is 45.6 Å². The van der Waals surface area contributed by atoms with Gasteiger partial charge in [-0.2, -0.15) is 0 Å². The Labute approximate surface area is 219 Å². The molecule has 1 aliphatic rings. The first-order chi connectivity index (χ1) is 17.2. The molecule has 2 aromatic rings. The third-order valence-electron chi connectivity index (χ3n) is 6.18. The molecule has 2 N–H and O–H groups in total. The number of carboxylic acids is 1. The Morgan fingerprint density at radius 3 is 2.72 bits per heavy atom. The number of nitrogens with zero attached hydrogens (tertiary/aromatic N) is 2. The average molecular weight is 534 g/mol. The van der Waals surface area contributed by atoms with Gasteiger partial charge in [0.05, 0.1) is 29.0 Å². The molecule has 1 fully saturated rings. The monoisotopic (exact) mass is 533 g/mol. The molecular weight excluding hydrogens is 501 g/mol. The highest BCUT2D eigenvalue weighted by Crippen LogP contribution is 2.34. The minimum atomic E-state index is -0.866. The van der Waals surface area contributed by atoms with E-state index in [1.54, 1.807) is 43.1 Å². The minimum Gasteiger partial charge on any atom is -0.481 e. The molecule has 194 valence electrons. The number of hydrogen-bond acceptors (Lipinski definition) is 6. The SMILES string of the molecule is C#CC1CCC(N(CCOCc2ccccc2F)C(=O)Nc2ncc(SCC(C)(C)C(=O)O)s2)CC1. The second-order valence-electron chi connectivity index (χ2n) is 9.40. The molecule has 0 unspecified atom stereocenters. The Kier molecular flexibility index (Phi) is 10.2. The van der Waals surface area contributed by atoms with Crippen molar-refractivity contribution in [2.45, 2.75) is 56.4 Å².